The Bertz CT molecular complexity index is 292. The Kier molecular flexibility index (Phi) is 3.17. The average molecular weight is 220 g/mol. The van der Waals surface area contributed by atoms with Crippen molar-refractivity contribution in [3.63, 3.8) is 0 Å². The molecule has 0 amide bonds. The lowest BCUT2D eigenvalue weighted by molar-refractivity contribution is 0.218. The normalized spacial score (nSPS) is 11.8. The Labute approximate surface area is 87.5 Å². The van der Waals surface area contributed by atoms with E-state index in [9.17, 15) is 0 Å². The van der Waals surface area contributed by atoms with Crippen LogP contribution in [0.2, 0.25) is 10.3 Å². The summed E-state index contributed by atoms with van der Waals surface area (Å²) < 4.78 is 0. The van der Waals surface area contributed by atoms with Crippen LogP contribution in [0.5, 0.6) is 0 Å². The van der Waals surface area contributed by atoms with Crippen molar-refractivity contribution in [1.82, 2.24) is 4.98 Å². The van der Waals surface area contributed by atoms with Gasteiger partial charge < -0.3 is 5.11 Å². The molecule has 0 radical (unpaired) electrons. The van der Waals surface area contributed by atoms with Crippen molar-refractivity contribution in [2.75, 3.05) is 6.61 Å². The lowest BCUT2D eigenvalue weighted by Gasteiger charge is -2.22. The van der Waals surface area contributed by atoms with Crippen molar-refractivity contribution >= 4 is 23.2 Å². The zero-order chi connectivity index (χ0) is 10.1. The van der Waals surface area contributed by atoms with Crippen molar-refractivity contribution in [2.24, 2.45) is 0 Å². The van der Waals surface area contributed by atoms with Gasteiger partial charge in [-0.1, -0.05) is 37.0 Å². The van der Waals surface area contributed by atoms with Crippen molar-refractivity contribution < 1.29 is 5.11 Å². The highest BCUT2D eigenvalue weighted by Gasteiger charge is 2.20. The maximum atomic E-state index is 9.12. The summed E-state index contributed by atoms with van der Waals surface area (Å²) in [6.07, 6.45) is 0. The second kappa shape index (κ2) is 3.82. The summed E-state index contributed by atoms with van der Waals surface area (Å²) >= 11 is 11.5. The van der Waals surface area contributed by atoms with E-state index in [1.165, 1.54) is 0 Å². The van der Waals surface area contributed by atoms with Crippen molar-refractivity contribution in [3.05, 3.63) is 28.0 Å². The third-order valence-electron chi connectivity index (χ3n) is 1.94. The molecule has 0 bridgehead atoms. The van der Waals surface area contributed by atoms with Crippen LogP contribution in [0.3, 0.4) is 0 Å². The molecule has 0 aliphatic carbocycles. The first-order valence-electron chi connectivity index (χ1n) is 3.90. The largest absolute Gasteiger partial charge is 0.395 e. The van der Waals surface area contributed by atoms with Gasteiger partial charge in [0, 0.05) is 5.41 Å². The molecule has 0 aliphatic heterocycles. The van der Waals surface area contributed by atoms with Crippen molar-refractivity contribution in [2.45, 2.75) is 19.3 Å². The van der Waals surface area contributed by atoms with Crippen LogP contribution in [0, 0.1) is 0 Å². The number of hydrogen-bond acceptors (Lipinski definition) is 2. The first-order valence-corrected chi connectivity index (χ1v) is 4.66. The van der Waals surface area contributed by atoms with Crippen LogP contribution >= 0.6 is 23.2 Å². The van der Waals surface area contributed by atoms with Crippen LogP contribution in [-0.2, 0) is 5.41 Å². The maximum Gasteiger partial charge on any atom is 0.131 e. The second-order valence-electron chi connectivity index (χ2n) is 3.54. The first kappa shape index (κ1) is 10.8. The lowest BCUT2D eigenvalue weighted by atomic mass is 9.86. The molecule has 1 aromatic heterocycles. The van der Waals surface area contributed by atoms with E-state index in [-0.39, 0.29) is 12.0 Å². The quantitative estimate of drug-likeness (QED) is 0.777. The summed E-state index contributed by atoms with van der Waals surface area (Å²) in [5.74, 6) is 0. The van der Waals surface area contributed by atoms with E-state index in [4.69, 9.17) is 28.3 Å². The van der Waals surface area contributed by atoms with Crippen LogP contribution in [-0.4, -0.2) is 16.7 Å². The fourth-order valence-electron chi connectivity index (χ4n) is 0.947. The zero-order valence-electron chi connectivity index (χ0n) is 7.51. The third kappa shape index (κ3) is 2.56. The first-order chi connectivity index (χ1) is 5.95. The van der Waals surface area contributed by atoms with Gasteiger partial charge in [-0.3, -0.25) is 0 Å². The third-order valence-corrected chi connectivity index (χ3v) is 2.33. The SMILES string of the molecule is CC(C)(CO)c1cc(Cl)nc(Cl)c1. The van der Waals surface area contributed by atoms with Gasteiger partial charge in [0.2, 0.25) is 0 Å². The number of aliphatic hydroxyl groups is 1. The summed E-state index contributed by atoms with van der Waals surface area (Å²) in [6.45, 7) is 3.87. The van der Waals surface area contributed by atoms with Gasteiger partial charge in [-0.15, -0.1) is 0 Å². The fourth-order valence-corrected chi connectivity index (χ4v) is 1.41. The molecular formula is C9H11Cl2NO. The predicted octanol–water partition coefficient (Wildman–Crippen LogP) is 2.66. The smallest absolute Gasteiger partial charge is 0.131 e. The summed E-state index contributed by atoms with van der Waals surface area (Å²) in [6, 6.07) is 3.42. The molecule has 0 unspecified atom stereocenters. The predicted molar refractivity (Wildman–Crippen MR) is 54.4 cm³/mol. The highest BCUT2D eigenvalue weighted by Crippen LogP contribution is 2.26. The maximum absolute atomic E-state index is 9.12. The molecule has 4 heteroatoms. The number of aromatic nitrogens is 1. The van der Waals surface area contributed by atoms with Crippen molar-refractivity contribution in [3.8, 4) is 0 Å². The summed E-state index contributed by atoms with van der Waals surface area (Å²) in [4.78, 5) is 3.83. The van der Waals surface area contributed by atoms with Gasteiger partial charge in [-0.05, 0) is 17.7 Å². The summed E-state index contributed by atoms with van der Waals surface area (Å²) in [5, 5.41) is 9.82. The Morgan fingerprint density at radius 2 is 1.77 bits per heavy atom. The standard InChI is InChI=1S/C9H11Cl2NO/c1-9(2,5-13)6-3-7(10)12-8(11)4-6/h3-4,13H,5H2,1-2H3. The van der Waals surface area contributed by atoms with Gasteiger partial charge in [-0.2, -0.15) is 0 Å². The Hall–Kier alpha value is -0.310. The van der Waals surface area contributed by atoms with Gasteiger partial charge in [-0.25, -0.2) is 4.98 Å². The molecule has 0 fully saturated rings. The number of hydrogen-bond donors (Lipinski definition) is 1. The molecule has 0 atom stereocenters. The highest BCUT2D eigenvalue weighted by atomic mass is 35.5. The molecule has 1 N–H and O–H groups in total. The van der Waals surface area contributed by atoms with Crippen LogP contribution in [0.1, 0.15) is 19.4 Å². The van der Waals surface area contributed by atoms with Crippen LogP contribution < -0.4 is 0 Å². The van der Waals surface area contributed by atoms with Gasteiger partial charge in [0.05, 0.1) is 6.61 Å². The Morgan fingerprint density at radius 3 is 2.15 bits per heavy atom. The van der Waals surface area contributed by atoms with Gasteiger partial charge in [0.1, 0.15) is 10.3 Å². The molecule has 0 saturated carbocycles. The van der Waals surface area contributed by atoms with E-state index in [0.29, 0.717) is 10.3 Å². The number of nitrogens with zero attached hydrogens (tertiary/aromatic N) is 1. The molecule has 0 saturated heterocycles. The minimum atomic E-state index is -0.337. The van der Waals surface area contributed by atoms with Crippen LogP contribution in [0.4, 0.5) is 0 Å². The zero-order valence-corrected chi connectivity index (χ0v) is 9.02. The topological polar surface area (TPSA) is 33.1 Å². The van der Waals surface area contributed by atoms with Crippen LogP contribution in [0.15, 0.2) is 12.1 Å². The Morgan fingerprint density at radius 1 is 1.31 bits per heavy atom. The second-order valence-corrected chi connectivity index (χ2v) is 4.32. The minimum Gasteiger partial charge on any atom is -0.395 e. The molecule has 72 valence electrons. The molecular weight excluding hydrogens is 209 g/mol. The molecule has 0 aliphatic rings. The van der Waals surface area contributed by atoms with E-state index >= 15 is 0 Å². The van der Waals surface area contributed by atoms with Gasteiger partial charge in [0.15, 0.2) is 0 Å². The number of halogens is 2. The molecule has 1 heterocycles. The van der Waals surface area contributed by atoms with E-state index in [2.05, 4.69) is 4.98 Å². The number of rotatable bonds is 2. The minimum absolute atomic E-state index is 0.0453. The van der Waals surface area contributed by atoms with E-state index in [0.717, 1.165) is 5.56 Å². The van der Waals surface area contributed by atoms with E-state index in [1.807, 2.05) is 13.8 Å². The number of aliphatic hydroxyl groups excluding tert-OH is 1. The molecule has 1 rings (SSSR count). The summed E-state index contributed by atoms with van der Waals surface area (Å²) in [7, 11) is 0. The fraction of sp³-hybridized carbons (Fsp3) is 0.444. The Balaban J connectivity index is 3.15. The highest BCUT2D eigenvalue weighted by molar-refractivity contribution is 6.32. The number of pyridine rings is 1. The van der Waals surface area contributed by atoms with E-state index < -0.39 is 0 Å². The molecule has 0 aromatic carbocycles. The van der Waals surface area contributed by atoms with Crippen molar-refractivity contribution in [1.29, 1.82) is 0 Å². The molecule has 13 heavy (non-hydrogen) atoms. The van der Waals surface area contributed by atoms with Gasteiger partial charge in [0.25, 0.3) is 0 Å². The lowest BCUT2D eigenvalue weighted by Crippen LogP contribution is -2.22. The summed E-state index contributed by atoms with van der Waals surface area (Å²) in [5.41, 5.74) is 0.552. The monoisotopic (exact) mass is 219 g/mol. The van der Waals surface area contributed by atoms with Gasteiger partial charge >= 0.3 is 0 Å². The molecule has 2 nitrogen and oxygen atoms in total. The molecule has 0 spiro atoms. The average Bonchev–Trinajstić information content (AvgIpc) is 2.02. The van der Waals surface area contributed by atoms with Crippen LogP contribution in [0.25, 0.3) is 0 Å². The molecule has 1 aromatic rings. The van der Waals surface area contributed by atoms with E-state index in [1.54, 1.807) is 12.1 Å².